The Balaban J connectivity index is 2.24. The number of aromatic nitrogens is 3. The van der Waals surface area contributed by atoms with Gasteiger partial charge < -0.3 is 0 Å². The zero-order valence-corrected chi connectivity index (χ0v) is 12.2. The van der Waals surface area contributed by atoms with Gasteiger partial charge in [-0.05, 0) is 29.4 Å². The Hall–Kier alpha value is -1.55. The Kier molecular flexibility index (Phi) is 3.19. The average Bonchev–Trinajstić information content (AvgIpc) is 2.72. The molecule has 1 aromatic heterocycles. The molecule has 0 radical (unpaired) electrons. The predicted molar refractivity (Wildman–Crippen MR) is 80.2 cm³/mol. The summed E-state index contributed by atoms with van der Waals surface area (Å²) in [6.07, 6.45) is 6.28. The lowest BCUT2D eigenvalue weighted by Crippen LogP contribution is -2.13. The van der Waals surface area contributed by atoms with Gasteiger partial charge in [-0.25, -0.2) is 0 Å². The van der Waals surface area contributed by atoms with E-state index >= 15 is 0 Å². The normalized spacial score (nSPS) is 17.2. The van der Waals surface area contributed by atoms with Crippen LogP contribution in [0.5, 0.6) is 0 Å². The molecule has 0 fully saturated rings. The average molecular weight is 271 g/mol. The molecule has 0 spiro atoms. The van der Waals surface area contributed by atoms with E-state index < -0.39 is 0 Å². The van der Waals surface area contributed by atoms with Crippen LogP contribution in [-0.2, 0) is 0 Å². The molecule has 0 N–H and O–H groups in total. The smallest absolute Gasteiger partial charge is 0.195 e. The number of rotatable bonds is 2. The van der Waals surface area contributed by atoms with Gasteiger partial charge in [0.1, 0.15) is 5.82 Å². The molecule has 1 aromatic carbocycles. The van der Waals surface area contributed by atoms with Gasteiger partial charge in [-0.2, -0.15) is 0 Å². The monoisotopic (exact) mass is 271 g/mol. The fourth-order valence-electron chi connectivity index (χ4n) is 2.68. The Morgan fingerprint density at radius 2 is 2.00 bits per heavy atom. The van der Waals surface area contributed by atoms with E-state index in [-0.39, 0.29) is 0 Å². The van der Waals surface area contributed by atoms with Crippen LogP contribution in [0.15, 0.2) is 29.4 Å². The highest BCUT2D eigenvalue weighted by atomic mass is 32.2. The molecule has 1 unspecified atom stereocenters. The molecule has 98 valence electrons. The predicted octanol–water partition coefficient (Wildman–Crippen LogP) is 3.73. The van der Waals surface area contributed by atoms with Crippen LogP contribution >= 0.6 is 11.8 Å². The second kappa shape index (κ2) is 4.85. The topological polar surface area (TPSA) is 30.7 Å². The molecule has 3 nitrogen and oxygen atoms in total. The molecule has 0 bridgehead atoms. The molecule has 0 amide bonds. The number of hydrogen-bond acceptors (Lipinski definition) is 3. The van der Waals surface area contributed by atoms with Gasteiger partial charge in [0.05, 0.1) is 0 Å². The van der Waals surface area contributed by atoms with Gasteiger partial charge in [0, 0.05) is 12.1 Å². The summed E-state index contributed by atoms with van der Waals surface area (Å²) < 4.78 is 2.12. The number of benzene rings is 1. The minimum Gasteiger partial charge on any atom is -0.280 e. The molecule has 19 heavy (non-hydrogen) atoms. The van der Waals surface area contributed by atoms with E-state index in [1.54, 1.807) is 11.8 Å². The zero-order chi connectivity index (χ0) is 13.4. The molecule has 4 heteroatoms. The lowest BCUT2D eigenvalue weighted by atomic mass is 9.85. The summed E-state index contributed by atoms with van der Waals surface area (Å²) in [5.41, 5.74) is 2.62. The van der Waals surface area contributed by atoms with Gasteiger partial charge in [-0.15, -0.1) is 10.2 Å². The fraction of sp³-hybridized carbons (Fsp3) is 0.333. The second-order valence-electron chi connectivity index (χ2n) is 5.08. The van der Waals surface area contributed by atoms with E-state index in [1.807, 2.05) is 6.26 Å². The third kappa shape index (κ3) is 2.00. The van der Waals surface area contributed by atoms with Crippen molar-refractivity contribution in [1.82, 2.24) is 14.8 Å². The molecular weight excluding hydrogens is 254 g/mol. The first-order valence-electron chi connectivity index (χ1n) is 6.48. The van der Waals surface area contributed by atoms with E-state index in [1.165, 1.54) is 11.1 Å². The number of nitrogens with zero attached hydrogens (tertiary/aromatic N) is 3. The first kappa shape index (κ1) is 12.5. The van der Waals surface area contributed by atoms with Gasteiger partial charge in [-0.3, -0.25) is 4.57 Å². The minimum absolute atomic E-state index is 0.291. The van der Waals surface area contributed by atoms with Crippen LogP contribution in [0.2, 0.25) is 0 Å². The molecule has 1 atom stereocenters. The van der Waals surface area contributed by atoms with Crippen LogP contribution in [0.25, 0.3) is 12.3 Å². The Morgan fingerprint density at radius 3 is 2.74 bits per heavy atom. The standard InChI is InChI=1S/C15H17N3S/c1-10(2)13-12-7-5-4-6-11(12)8-9-18-14(13)16-17-15(18)19-3/h4-10,13H,1-3H3. The number of hydrogen-bond donors (Lipinski definition) is 0. The maximum Gasteiger partial charge on any atom is 0.195 e. The summed E-state index contributed by atoms with van der Waals surface area (Å²) in [5.74, 6) is 1.82. The highest BCUT2D eigenvalue weighted by Crippen LogP contribution is 2.36. The Bertz CT molecular complexity index is 628. The molecule has 2 heterocycles. The Labute approximate surface area is 117 Å². The van der Waals surface area contributed by atoms with Crippen molar-refractivity contribution in [3.8, 4) is 0 Å². The van der Waals surface area contributed by atoms with Gasteiger partial charge in [0.25, 0.3) is 0 Å². The maximum atomic E-state index is 4.43. The van der Waals surface area contributed by atoms with Gasteiger partial charge in [0.15, 0.2) is 5.16 Å². The largest absolute Gasteiger partial charge is 0.280 e. The third-order valence-electron chi connectivity index (χ3n) is 3.55. The lowest BCUT2D eigenvalue weighted by Gasteiger charge is -2.20. The Morgan fingerprint density at radius 1 is 1.21 bits per heavy atom. The van der Waals surface area contributed by atoms with Crippen LogP contribution in [-0.4, -0.2) is 21.0 Å². The first-order chi connectivity index (χ1) is 9.22. The molecular formula is C15H17N3S. The highest BCUT2D eigenvalue weighted by Gasteiger charge is 2.28. The number of fused-ring (bicyclic) bond motifs is 2. The SMILES string of the molecule is CSc1nnc2n1C=Cc1ccccc1C2C(C)C. The number of thioether (sulfide) groups is 1. The van der Waals surface area contributed by atoms with E-state index in [0.717, 1.165) is 11.0 Å². The summed E-state index contributed by atoms with van der Waals surface area (Å²) in [6, 6.07) is 8.55. The van der Waals surface area contributed by atoms with Gasteiger partial charge in [-0.1, -0.05) is 49.9 Å². The summed E-state index contributed by atoms with van der Waals surface area (Å²) in [7, 11) is 0. The summed E-state index contributed by atoms with van der Waals surface area (Å²) in [6.45, 7) is 4.48. The van der Waals surface area contributed by atoms with Crippen molar-refractivity contribution in [2.24, 2.45) is 5.92 Å². The van der Waals surface area contributed by atoms with Crippen LogP contribution in [0, 0.1) is 5.92 Å². The first-order valence-corrected chi connectivity index (χ1v) is 7.70. The van der Waals surface area contributed by atoms with Crippen molar-refractivity contribution < 1.29 is 0 Å². The van der Waals surface area contributed by atoms with Crippen LogP contribution in [0.1, 0.15) is 36.7 Å². The third-order valence-corrected chi connectivity index (χ3v) is 4.20. The highest BCUT2D eigenvalue weighted by molar-refractivity contribution is 7.98. The van der Waals surface area contributed by atoms with Crippen molar-refractivity contribution >= 4 is 24.0 Å². The van der Waals surface area contributed by atoms with Crippen molar-refractivity contribution in [1.29, 1.82) is 0 Å². The molecule has 2 aromatic rings. The van der Waals surface area contributed by atoms with E-state index in [0.29, 0.717) is 11.8 Å². The summed E-state index contributed by atoms with van der Waals surface area (Å²) in [5, 5.41) is 9.67. The molecule has 0 aliphatic carbocycles. The quantitative estimate of drug-likeness (QED) is 0.780. The van der Waals surface area contributed by atoms with Crippen molar-refractivity contribution in [3.63, 3.8) is 0 Å². The van der Waals surface area contributed by atoms with Crippen molar-refractivity contribution in [3.05, 3.63) is 41.2 Å². The van der Waals surface area contributed by atoms with E-state index in [9.17, 15) is 0 Å². The zero-order valence-electron chi connectivity index (χ0n) is 11.4. The molecule has 1 aliphatic heterocycles. The summed E-state index contributed by atoms with van der Waals surface area (Å²) >= 11 is 1.63. The van der Waals surface area contributed by atoms with Crippen LogP contribution in [0.4, 0.5) is 0 Å². The van der Waals surface area contributed by atoms with Gasteiger partial charge in [0.2, 0.25) is 0 Å². The van der Waals surface area contributed by atoms with Crippen LogP contribution in [0.3, 0.4) is 0 Å². The summed E-state index contributed by atoms with van der Waals surface area (Å²) in [4.78, 5) is 0. The molecule has 3 rings (SSSR count). The van der Waals surface area contributed by atoms with E-state index in [4.69, 9.17) is 0 Å². The second-order valence-corrected chi connectivity index (χ2v) is 5.85. The molecule has 0 saturated heterocycles. The lowest BCUT2D eigenvalue weighted by molar-refractivity contribution is 0.532. The molecule has 1 aliphatic rings. The van der Waals surface area contributed by atoms with Crippen molar-refractivity contribution in [2.75, 3.05) is 6.26 Å². The maximum absolute atomic E-state index is 4.43. The molecule has 0 saturated carbocycles. The fourth-order valence-corrected chi connectivity index (χ4v) is 3.15. The van der Waals surface area contributed by atoms with E-state index in [2.05, 4.69) is 65.2 Å². The van der Waals surface area contributed by atoms with Crippen LogP contribution < -0.4 is 0 Å². The van der Waals surface area contributed by atoms with Crippen molar-refractivity contribution in [2.45, 2.75) is 24.9 Å². The van der Waals surface area contributed by atoms with Gasteiger partial charge >= 0.3 is 0 Å². The minimum atomic E-state index is 0.291.